The van der Waals surface area contributed by atoms with Crippen LogP contribution in [0.3, 0.4) is 0 Å². The molecule has 4 heteroatoms. The molecule has 0 aromatic carbocycles. The maximum Gasteiger partial charge on any atom is 0.163 e. The molecule has 2 unspecified atom stereocenters. The van der Waals surface area contributed by atoms with Crippen molar-refractivity contribution in [3.05, 3.63) is 0 Å². The molecule has 1 fully saturated rings. The van der Waals surface area contributed by atoms with Crippen LogP contribution in [0.4, 0.5) is 0 Å². The molecule has 0 radical (unpaired) electrons. The third kappa shape index (κ3) is 1.90. The lowest BCUT2D eigenvalue weighted by molar-refractivity contribution is -0.148. The fraction of sp³-hybridized carbons (Fsp3) is 1.00. The summed E-state index contributed by atoms with van der Waals surface area (Å²) in [4.78, 5) is 0. The fourth-order valence-electron chi connectivity index (χ4n) is 1.26. The summed E-state index contributed by atoms with van der Waals surface area (Å²) in [5.41, 5.74) is 5.40. The van der Waals surface area contributed by atoms with Gasteiger partial charge in [-0.1, -0.05) is 0 Å². The maximum atomic E-state index is 8.84. The topological polar surface area (TPSA) is 64.7 Å². The molecule has 3 N–H and O–H groups in total. The first-order chi connectivity index (χ1) is 5.09. The Morgan fingerprint density at radius 3 is 2.27 bits per heavy atom. The zero-order chi connectivity index (χ0) is 8.48. The van der Waals surface area contributed by atoms with Crippen molar-refractivity contribution in [2.24, 2.45) is 5.73 Å². The van der Waals surface area contributed by atoms with Gasteiger partial charge in [-0.05, 0) is 13.8 Å². The maximum absolute atomic E-state index is 8.84. The lowest BCUT2D eigenvalue weighted by Crippen LogP contribution is -2.33. The second-order valence-electron chi connectivity index (χ2n) is 3.13. The summed E-state index contributed by atoms with van der Waals surface area (Å²) in [6.07, 6.45) is -0.440. The Kier molecular flexibility index (Phi) is 2.49. The zero-order valence-corrected chi connectivity index (χ0v) is 6.91. The highest BCUT2D eigenvalue weighted by Crippen LogP contribution is 2.26. The van der Waals surface area contributed by atoms with Gasteiger partial charge in [-0.3, -0.25) is 0 Å². The van der Waals surface area contributed by atoms with Gasteiger partial charge in [0.05, 0.1) is 6.61 Å². The molecule has 11 heavy (non-hydrogen) atoms. The average Bonchev–Trinajstić information content (AvgIpc) is 2.25. The highest BCUT2D eigenvalue weighted by atomic mass is 16.8. The molecule has 1 heterocycles. The van der Waals surface area contributed by atoms with Crippen LogP contribution in [-0.2, 0) is 9.47 Å². The van der Waals surface area contributed by atoms with Gasteiger partial charge in [0.25, 0.3) is 0 Å². The Hall–Kier alpha value is -0.160. The van der Waals surface area contributed by atoms with Gasteiger partial charge in [-0.2, -0.15) is 0 Å². The van der Waals surface area contributed by atoms with E-state index in [1.54, 1.807) is 0 Å². The summed E-state index contributed by atoms with van der Waals surface area (Å²) in [6, 6.07) is 0. The standard InChI is InChI=1S/C7H15NO3/c1-7(2)10-5(3-8)6(4-9)11-7/h5-6,9H,3-4,8H2,1-2H3. The predicted octanol–water partition coefficient (Wildman–Crippen LogP) is -0.543. The van der Waals surface area contributed by atoms with E-state index in [0.717, 1.165) is 0 Å². The Labute approximate surface area is 66.3 Å². The molecule has 1 aliphatic heterocycles. The van der Waals surface area contributed by atoms with E-state index >= 15 is 0 Å². The van der Waals surface area contributed by atoms with Gasteiger partial charge in [0.15, 0.2) is 5.79 Å². The van der Waals surface area contributed by atoms with E-state index in [-0.39, 0.29) is 18.8 Å². The van der Waals surface area contributed by atoms with Crippen LogP contribution in [0.5, 0.6) is 0 Å². The van der Waals surface area contributed by atoms with Crippen LogP contribution in [0.15, 0.2) is 0 Å². The number of aliphatic hydroxyl groups excluding tert-OH is 1. The van der Waals surface area contributed by atoms with Crippen molar-refractivity contribution < 1.29 is 14.6 Å². The van der Waals surface area contributed by atoms with E-state index in [9.17, 15) is 0 Å². The second kappa shape index (κ2) is 3.06. The molecule has 1 saturated heterocycles. The van der Waals surface area contributed by atoms with Crippen molar-refractivity contribution in [1.29, 1.82) is 0 Å². The lowest BCUT2D eigenvalue weighted by atomic mass is 10.2. The van der Waals surface area contributed by atoms with Crippen LogP contribution < -0.4 is 5.73 Å². The van der Waals surface area contributed by atoms with Gasteiger partial charge in [0, 0.05) is 6.54 Å². The van der Waals surface area contributed by atoms with Crippen molar-refractivity contribution in [2.75, 3.05) is 13.2 Å². The van der Waals surface area contributed by atoms with Crippen molar-refractivity contribution in [1.82, 2.24) is 0 Å². The summed E-state index contributed by atoms with van der Waals surface area (Å²) in [7, 11) is 0. The molecule has 0 aromatic heterocycles. The molecular weight excluding hydrogens is 146 g/mol. The van der Waals surface area contributed by atoms with Gasteiger partial charge in [0.2, 0.25) is 0 Å². The first-order valence-electron chi connectivity index (χ1n) is 3.75. The number of hydrogen-bond donors (Lipinski definition) is 2. The van der Waals surface area contributed by atoms with Crippen LogP contribution in [0.1, 0.15) is 13.8 Å². The lowest BCUT2D eigenvalue weighted by Gasteiger charge is -2.16. The highest BCUT2D eigenvalue weighted by molar-refractivity contribution is 4.81. The Morgan fingerprint density at radius 2 is 1.91 bits per heavy atom. The molecule has 0 bridgehead atoms. The van der Waals surface area contributed by atoms with Crippen LogP contribution in [0.2, 0.25) is 0 Å². The fourth-order valence-corrected chi connectivity index (χ4v) is 1.26. The summed E-state index contributed by atoms with van der Waals surface area (Å²) in [6.45, 7) is 3.97. The van der Waals surface area contributed by atoms with Crippen molar-refractivity contribution in [3.8, 4) is 0 Å². The monoisotopic (exact) mass is 161 g/mol. The third-order valence-electron chi connectivity index (χ3n) is 1.70. The molecule has 2 atom stereocenters. The highest BCUT2D eigenvalue weighted by Gasteiger charge is 2.39. The predicted molar refractivity (Wildman–Crippen MR) is 40.0 cm³/mol. The van der Waals surface area contributed by atoms with E-state index < -0.39 is 5.79 Å². The molecule has 4 nitrogen and oxygen atoms in total. The minimum Gasteiger partial charge on any atom is -0.394 e. The van der Waals surface area contributed by atoms with Crippen molar-refractivity contribution >= 4 is 0 Å². The second-order valence-corrected chi connectivity index (χ2v) is 3.13. The average molecular weight is 161 g/mol. The van der Waals surface area contributed by atoms with Crippen molar-refractivity contribution in [2.45, 2.75) is 31.8 Å². The molecule has 1 rings (SSSR count). The summed E-state index contributed by atoms with van der Waals surface area (Å²) >= 11 is 0. The Bertz CT molecular complexity index is 124. The minimum atomic E-state index is -0.600. The first kappa shape index (κ1) is 8.93. The van der Waals surface area contributed by atoms with E-state index in [1.807, 2.05) is 13.8 Å². The molecule has 66 valence electrons. The van der Waals surface area contributed by atoms with Crippen LogP contribution in [0, 0.1) is 0 Å². The smallest absolute Gasteiger partial charge is 0.163 e. The van der Waals surface area contributed by atoms with Gasteiger partial charge in [0.1, 0.15) is 12.2 Å². The van der Waals surface area contributed by atoms with Crippen molar-refractivity contribution in [3.63, 3.8) is 0 Å². The minimum absolute atomic E-state index is 0.0364. The number of hydrogen-bond acceptors (Lipinski definition) is 4. The zero-order valence-electron chi connectivity index (χ0n) is 6.91. The Balaban J connectivity index is 2.55. The molecule has 1 aliphatic rings. The molecular formula is C7H15NO3. The Morgan fingerprint density at radius 1 is 1.36 bits per heavy atom. The third-order valence-corrected chi connectivity index (χ3v) is 1.70. The van der Waals surface area contributed by atoms with Crippen LogP contribution in [-0.4, -0.2) is 36.3 Å². The SMILES string of the molecule is CC1(C)OC(CN)C(CO)O1. The van der Waals surface area contributed by atoms with Gasteiger partial charge >= 0.3 is 0 Å². The summed E-state index contributed by atoms with van der Waals surface area (Å²) in [5, 5.41) is 8.84. The van der Waals surface area contributed by atoms with Crippen LogP contribution in [0.25, 0.3) is 0 Å². The largest absolute Gasteiger partial charge is 0.394 e. The molecule has 0 aliphatic carbocycles. The van der Waals surface area contributed by atoms with E-state index in [0.29, 0.717) is 6.54 Å². The normalized spacial score (nSPS) is 36.0. The molecule has 0 aromatic rings. The first-order valence-corrected chi connectivity index (χ1v) is 3.75. The summed E-state index contributed by atoms with van der Waals surface area (Å²) in [5.74, 6) is -0.600. The van der Waals surface area contributed by atoms with E-state index in [1.165, 1.54) is 0 Å². The molecule has 0 saturated carbocycles. The summed E-state index contributed by atoms with van der Waals surface area (Å²) < 4.78 is 10.7. The van der Waals surface area contributed by atoms with Crippen LogP contribution >= 0.6 is 0 Å². The van der Waals surface area contributed by atoms with E-state index in [4.69, 9.17) is 20.3 Å². The molecule has 0 spiro atoms. The number of ether oxygens (including phenoxy) is 2. The number of nitrogens with two attached hydrogens (primary N) is 1. The van der Waals surface area contributed by atoms with E-state index in [2.05, 4.69) is 0 Å². The molecule has 0 amide bonds. The number of aliphatic hydroxyl groups is 1. The quantitative estimate of drug-likeness (QED) is 0.570. The van der Waals surface area contributed by atoms with Gasteiger partial charge in [-0.25, -0.2) is 0 Å². The van der Waals surface area contributed by atoms with Gasteiger partial charge in [-0.15, -0.1) is 0 Å². The van der Waals surface area contributed by atoms with Gasteiger partial charge < -0.3 is 20.3 Å². The number of rotatable bonds is 2.